The number of carbonyl (C=O) groups is 1. The van der Waals surface area contributed by atoms with Gasteiger partial charge in [-0.25, -0.2) is 4.98 Å². The molecule has 0 aliphatic heterocycles. The number of rotatable bonds is 6. The smallest absolute Gasteiger partial charge is 0.292 e. The molecular formula is C15H22N4O2. The predicted octanol–water partition coefficient (Wildman–Crippen LogP) is 2.15. The van der Waals surface area contributed by atoms with E-state index in [0.29, 0.717) is 24.8 Å². The molecule has 0 spiro atoms. The molecule has 0 radical (unpaired) electrons. The van der Waals surface area contributed by atoms with Crippen LogP contribution in [0, 0.1) is 12.8 Å². The summed E-state index contributed by atoms with van der Waals surface area (Å²) >= 11 is 0. The molecule has 0 aliphatic carbocycles. The van der Waals surface area contributed by atoms with Gasteiger partial charge in [0.1, 0.15) is 5.82 Å². The van der Waals surface area contributed by atoms with Gasteiger partial charge in [-0.2, -0.15) is 0 Å². The van der Waals surface area contributed by atoms with E-state index < -0.39 is 0 Å². The van der Waals surface area contributed by atoms with Gasteiger partial charge in [-0.15, -0.1) is 0 Å². The molecule has 0 aromatic carbocycles. The summed E-state index contributed by atoms with van der Waals surface area (Å²) in [7, 11) is 1.76. The number of carbonyl (C=O) groups excluding carboxylic acids is 1. The average Bonchev–Trinajstić information content (AvgIpc) is 3.04. The number of likely N-dealkylation sites (N-methyl/N-ethyl adjacent to an activating group) is 1. The van der Waals surface area contributed by atoms with E-state index in [4.69, 9.17) is 4.52 Å². The Balaban J connectivity index is 1.92. The zero-order chi connectivity index (χ0) is 15.4. The van der Waals surface area contributed by atoms with Crippen LogP contribution in [0.15, 0.2) is 23.0 Å². The molecule has 2 aromatic rings. The number of aryl methyl sites for hydroxylation is 1. The Morgan fingerprint density at radius 1 is 1.48 bits per heavy atom. The highest BCUT2D eigenvalue weighted by molar-refractivity contribution is 5.91. The van der Waals surface area contributed by atoms with E-state index in [1.165, 1.54) is 0 Å². The fourth-order valence-corrected chi connectivity index (χ4v) is 2.11. The molecule has 114 valence electrons. The Kier molecular flexibility index (Phi) is 4.77. The van der Waals surface area contributed by atoms with Gasteiger partial charge in [-0.3, -0.25) is 4.79 Å². The van der Waals surface area contributed by atoms with E-state index in [2.05, 4.69) is 24.0 Å². The fraction of sp³-hybridized carbons (Fsp3) is 0.533. The van der Waals surface area contributed by atoms with E-state index in [0.717, 1.165) is 17.9 Å². The molecule has 0 N–H and O–H groups in total. The molecule has 0 unspecified atom stereocenters. The maximum atomic E-state index is 12.3. The third kappa shape index (κ3) is 3.93. The van der Waals surface area contributed by atoms with Gasteiger partial charge in [-0.1, -0.05) is 19.0 Å². The molecule has 1 amide bonds. The van der Waals surface area contributed by atoms with E-state index in [-0.39, 0.29) is 5.91 Å². The molecular weight excluding hydrogens is 268 g/mol. The van der Waals surface area contributed by atoms with Gasteiger partial charge < -0.3 is 14.0 Å². The first-order valence-corrected chi connectivity index (χ1v) is 7.16. The summed E-state index contributed by atoms with van der Waals surface area (Å²) in [4.78, 5) is 18.1. The molecule has 0 atom stereocenters. The lowest BCUT2D eigenvalue weighted by molar-refractivity contribution is 0.0748. The number of amides is 1. The zero-order valence-corrected chi connectivity index (χ0v) is 13.0. The van der Waals surface area contributed by atoms with Crippen molar-refractivity contribution in [2.75, 3.05) is 13.6 Å². The van der Waals surface area contributed by atoms with Crippen molar-refractivity contribution in [3.63, 3.8) is 0 Å². The van der Waals surface area contributed by atoms with Crippen molar-refractivity contribution >= 4 is 5.91 Å². The molecule has 0 saturated carbocycles. The van der Waals surface area contributed by atoms with Crippen molar-refractivity contribution in [2.45, 2.75) is 33.7 Å². The number of nitrogens with zero attached hydrogens (tertiary/aromatic N) is 4. The van der Waals surface area contributed by atoms with Crippen LogP contribution < -0.4 is 0 Å². The van der Waals surface area contributed by atoms with Gasteiger partial charge in [-0.05, 0) is 19.3 Å². The minimum Gasteiger partial charge on any atom is -0.351 e. The lowest BCUT2D eigenvalue weighted by Crippen LogP contribution is -2.29. The normalized spacial score (nSPS) is 11.1. The van der Waals surface area contributed by atoms with E-state index in [1.54, 1.807) is 24.2 Å². The highest BCUT2D eigenvalue weighted by Gasteiger charge is 2.17. The second-order valence-corrected chi connectivity index (χ2v) is 5.68. The van der Waals surface area contributed by atoms with Crippen molar-refractivity contribution in [1.29, 1.82) is 0 Å². The van der Waals surface area contributed by atoms with E-state index in [9.17, 15) is 4.79 Å². The quantitative estimate of drug-likeness (QED) is 0.817. The van der Waals surface area contributed by atoms with Crippen LogP contribution in [0.1, 0.15) is 35.9 Å². The Hall–Kier alpha value is -2.11. The summed E-state index contributed by atoms with van der Waals surface area (Å²) in [6, 6.07) is 1.74. The number of imidazole rings is 1. The Morgan fingerprint density at radius 3 is 2.86 bits per heavy atom. The first-order valence-electron chi connectivity index (χ1n) is 7.16. The summed E-state index contributed by atoms with van der Waals surface area (Å²) < 4.78 is 7.16. The molecule has 6 heteroatoms. The molecule has 2 aromatic heterocycles. The lowest BCUT2D eigenvalue weighted by atomic mass is 10.1. The van der Waals surface area contributed by atoms with Crippen LogP contribution in [0.3, 0.4) is 0 Å². The second kappa shape index (κ2) is 6.56. The van der Waals surface area contributed by atoms with Crippen LogP contribution in [-0.2, 0) is 13.0 Å². The third-order valence-electron chi connectivity index (χ3n) is 3.33. The summed E-state index contributed by atoms with van der Waals surface area (Å²) in [6.07, 6.45) is 4.48. The first-order chi connectivity index (χ1) is 9.97. The van der Waals surface area contributed by atoms with Crippen LogP contribution in [0.2, 0.25) is 0 Å². The van der Waals surface area contributed by atoms with Crippen LogP contribution in [0.4, 0.5) is 0 Å². The molecule has 2 rings (SSSR count). The predicted molar refractivity (Wildman–Crippen MR) is 79.0 cm³/mol. The van der Waals surface area contributed by atoms with Crippen LogP contribution in [-0.4, -0.2) is 39.1 Å². The SMILES string of the molecule is Cc1nccn1CCN(C)C(=O)c1cc(CC(C)C)no1. The van der Waals surface area contributed by atoms with Gasteiger partial charge in [0.2, 0.25) is 5.76 Å². The molecule has 2 heterocycles. The summed E-state index contributed by atoms with van der Waals surface area (Å²) in [5, 5.41) is 3.95. The monoisotopic (exact) mass is 290 g/mol. The fourth-order valence-electron chi connectivity index (χ4n) is 2.11. The lowest BCUT2D eigenvalue weighted by Gasteiger charge is -2.16. The summed E-state index contributed by atoms with van der Waals surface area (Å²) in [6.45, 7) is 7.46. The van der Waals surface area contributed by atoms with Gasteiger partial charge in [0.25, 0.3) is 5.91 Å². The second-order valence-electron chi connectivity index (χ2n) is 5.68. The van der Waals surface area contributed by atoms with Gasteiger partial charge >= 0.3 is 0 Å². The van der Waals surface area contributed by atoms with E-state index in [1.807, 2.05) is 17.7 Å². The first kappa shape index (κ1) is 15.3. The Morgan fingerprint density at radius 2 is 2.24 bits per heavy atom. The molecule has 0 aliphatic rings. The highest BCUT2D eigenvalue weighted by Crippen LogP contribution is 2.11. The Bertz CT molecular complexity index is 600. The molecule has 0 fully saturated rings. The van der Waals surface area contributed by atoms with Crippen LogP contribution in [0.25, 0.3) is 0 Å². The van der Waals surface area contributed by atoms with Crippen molar-refractivity contribution < 1.29 is 9.32 Å². The van der Waals surface area contributed by atoms with Crippen molar-refractivity contribution in [1.82, 2.24) is 19.6 Å². The minimum absolute atomic E-state index is 0.143. The average molecular weight is 290 g/mol. The summed E-state index contributed by atoms with van der Waals surface area (Å²) in [5.41, 5.74) is 0.826. The molecule has 0 saturated heterocycles. The molecule has 21 heavy (non-hydrogen) atoms. The maximum Gasteiger partial charge on any atom is 0.292 e. The van der Waals surface area contributed by atoms with Crippen molar-refractivity contribution in [3.05, 3.63) is 35.7 Å². The number of hydrogen-bond acceptors (Lipinski definition) is 4. The van der Waals surface area contributed by atoms with Gasteiger partial charge in [0, 0.05) is 38.6 Å². The third-order valence-corrected chi connectivity index (χ3v) is 3.33. The van der Waals surface area contributed by atoms with Crippen LogP contribution >= 0.6 is 0 Å². The van der Waals surface area contributed by atoms with Gasteiger partial charge in [0.15, 0.2) is 0 Å². The number of hydrogen-bond donors (Lipinski definition) is 0. The van der Waals surface area contributed by atoms with Gasteiger partial charge in [0.05, 0.1) is 5.69 Å². The maximum absolute atomic E-state index is 12.3. The zero-order valence-electron chi connectivity index (χ0n) is 13.0. The topological polar surface area (TPSA) is 64.2 Å². The van der Waals surface area contributed by atoms with Crippen molar-refractivity contribution in [3.8, 4) is 0 Å². The van der Waals surface area contributed by atoms with E-state index >= 15 is 0 Å². The Labute approximate surface area is 124 Å². The molecule has 0 bridgehead atoms. The van der Waals surface area contributed by atoms with Crippen molar-refractivity contribution in [2.24, 2.45) is 5.92 Å². The van der Waals surface area contributed by atoms with Crippen LogP contribution in [0.5, 0.6) is 0 Å². The highest BCUT2D eigenvalue weighted by atomic mass is 16.5. The molecule has 6 nitrogen and oxygen atoms in total. The number of aromatic nitrogens is 3. The largest absolute Gasteiger partial charge is 0.351 e. The summed E-state index contributed by atoms with van der Waals surface area (Å²) in [5.74, 6) is 1.58. The minimum atomic E-state index is -0.143. The standard InChI is InChI=1S/C15H22N4O2/c1-11(2)9-13-10-14(21-17-13)15(20)18(4)7-8-19-6-5-16-12(19)3/h5-6,10-11H,7-9H2,1-4H3.